The number of aryl methyl sites for hydroxylation is 1. The zero-order valence-corrected chi connectivity index (χ0v) is 20.9. The van der Waals surface area contributed by atoms with Gasteiger partial charge < -0.3 is 15.0 Å². The maximum absolute atomic E-state index is 13.4. The third kappa shape index (κ3) is 5.08. The second kappa shape index (κ2) is 9.92. The number of alkyl halides is 3. The van der Waals surface area contributed by atoms with Gasteiger partial charge in [0.15, 0.2) is 0 Å². The van der Waals surface area contributed by atoms with Crippen molar-refractivity contribution in [1.82, 2.24) is 25.2 Å². The third-order valence-corrected chi connectivity index (χ3v) is 9.21. The summed E-state index contributed by atoms with van der Waals surface area (Å²) in [7, 11) is 0. The molecule has 3 unspecified atom stereocenters. The number of hydrogen-bond acceptors (Lipinski definition) is 6. The number of H-pyrrole nitrogens is 1. The lowest BCUT2D eigenvalue weighted by molar-refractivity contribution is -0.136. The van der Waals surface area contributed by atoms with Gasteiger partial charge in [-0.3, -0.25) is 14.7 Å². The number of hydrogen-bond donors (Lipinski definition) is 2. The summed E-state index contributed by atoms with van der Waals surface area (Å²) in [6.07, 6.45) is 2.24. The number of thioether (sulfide) groups is 1. The Bertz CT molecular complexity index is 1290. The lowest BCUT2D eigenvalue weighted by Gasteiger charge is -2.23. The first-order valence-electron chi connectivity index (χ1n) is 12.6. The molecule has 0 spiro atoms. The number of para-hydroxylation sites is 1. The molecule has 4 heterocycles. The molecule has 2 aromatic heterocycles. The predicted octanol–water partition coefficient (Wildman–Crippen LogP) is 3.90. The minimum absolute atomic E-state index is 0.0751. The summed E-state index contributed by atoms with van der Waals surface area (Å²) in [4.78, 5) is 26.8. The van der Waals surface area contributed by atoms with Crippen molar-refractivity contribution in [3.05, 3.63) is 59.2 Å². The molecule has 2 saturated heterocycles. The van der Waals surface area contributed by atoms with Crippen molar-refractivity contribution in [1.29, 1.82) is 0 Å². The van der Waals surface area contributed by atoms with Crippen LogP contribution in [0.5, 0.6) is 0 Å². The summed E-state index contributed by atoms with van der Waals surface area (Å²) in [6.45, 7) is 3.04. The molecule has 3 aromatic rings. The molecule has 196 valence electrons. The normalized spacial score (nSPS) is 26.1. The van der Waals surface area contributed by atoms with Crippen molar-refractivity contribution < 1.29 is 22.7 Å². The van der Waals surface area contributed by atoms with Gasteiger partial charge in [0.2, 0.25) is 5.91 Å². The second-order valence-electron chi connectivity index (χ2n) is 9.98. The number of carbonyl (C=O) groups excluding carboxylic acids is 1. The van der Waals surface area contributed by atoms with Crippen LogP contribution in [0.4, 0.5) is 13.2 Å². The molecule has 6 rings (SSSR count). The van der Waals surface area contributed by atoms with Gasteiger partial charge in [-0.2, -0.15) is 13.2 Å². The predicted molar refractivity (Wildman–Crippen MR) is 134 cm³/mol. The number of imidazole rings is 1. The van der Waals surface area contributed by atoms with Crippen molar-refractivity contribution in [3.63, 3.8) is 0 Å². The Labute approximate surface area is 216 Å². The van der Waals surface area contributed by atoms with Crippen LogP contribution < -0.4 is 5.32 Å². The fraction of sp³-hybridized carbons (Fsp3) is 0.500. The number of carbonyl (C=O) groups is 1. The van der Waals surface area contributed by atoms with Crippen molar-refractivity contribution >= 4 is 28.7 Å². The topological polar surface area (TPSA) is 83.1 Å². The largest absolute Gasteiger partial charge is 0.418 e. The van der Waals surface area contributed by atoms with Gasteiger partial charge in [-0.05, 0) is 48.6 Å². The molecule has 11 heteroatoms. The maximum atomic E-state index is 13.4. The van der Waals surface area contributed by atoms with E-state index in [0.29, 0.717) is 17.9 Å². The van der Waals surface area contributed by atoms with Gasteiger partial charge in [0.1, 0.15) is 11.3 Å². The second-order valence-corrected chi connectivity index (χ2v) is 11.4. The zero-order valence-electron chi connectivity index (χ0n) is 20.1. The van der Waals surface area contributed by atoms with E-state index in [-0.39, 0.29) is 40.5 Å². The molecular weight excluding hydrogens is 503 g/mol. The maximum Gasteiger partial charge on any atom is 0.418 e. The summed E-state index contributed by atoms with van der Waals surface area (Å²) < 4.78 is 45.7. The number of aromatic nitrogens is 3. The summed E-state index contributed by atoms with van der Waals surface area (Å²) in [6, 6.07) is 6.24. The Kier molecular flexibility index (Phi) is 6.62. The van der Waals surface area contributed by atoms with Crippen LogP contribution in [0.25, 0.3) is 11.0 Å². The number of fused-ring (bicyclic) bond motifs is 2. The number of pyridine rings is 1. The van der Waals surface area contributed by atoms with Gasteiger partial charge in [-0.15, -0.1) is 11.8 Å². The molecule has 1 aliphatic carbocycles. The Morgan fingerprint density at radius 1 is 1.24 bits per heavy atom. The fourth-order valence-corrected chi connectivity index (χ4v) is 7.40. The van der Waals surface area contributed by atoms with Crippen molar-refractivity contribution in [2.24, 2.45) is 0 Å². The third-order valence-electron chi connectivity index (χ3n) is 7.57. The van der Waals surface area contributed by atoms with E-state index in [1.54, 1.807) is 6.07 Å². The summed E-state index contributed by atoms with van der Waals surface area (Å²) >= 11 is 1.90. The van der Waals surface area contributed by atoms with Gasteiger partial charge in [0.05, 0.1) is 30.1 Å². The quantitative estimate of drug-likeness (QED) is 0.502. The van der Waals surface area contributed by atoms with Crippen LogP contribution in [-0.2, 0) is 28.5 Å². The van der Waals surface area contributed by atoms with E-state index < -0.39 is 11.7 Å². The number of ether oxygens (including phenoxy) is 1. The van der Waals surface area contributed by atoms with E-state index >= 15 is 0 Å². The van der Waals surface area contributed by atoms with E-state index in [1.165, 1.54) is 17.2 Å². The average Bonchev–Trinajstić information content (AvgIpc) is 3.65. The summed E-state index contributed by atoms with van der Waals surface area (Å²) in [5.74, 6) is -0.0236. The highest BCUT2D eigenvalue weighted by atomic mass is 32.2. The SMILES string of the molecule is O=C(Cc1nc2c(C(F)(F)F)cccc2[nH]1)NC1CN(C2CCOC2)C[C@@H]1SC1CCc2ccncc21. The van der Waals surface area contributed by atoms with E-state index in [0.717, 1.165) is 45.0 Å². The molecule has 7 nitrogen and oxygen atoms in total. The molecule has 1 amide bonds. The number of likely N-dealkylation sites (tertiary alicyclic amines) is 1. The molecule has 2 aliphatic heterocycles. The molecule has 0 saturated carbocycles. The number of rotatable bonds is 6. The van der Waals surface area contributed by atoms with Gasteiger partial charge in [-0.25, -0.2) is 4.98 Å². The molecule has 4 atom stereocenters. The first kappa shape index (κ1) is 24.7. The average molecular weight is 532 g/mol. The standard InChI is InChI=1S/C26H28F3N5O2S/c27-26(28,29)18-2-1-3-19-25(18)33-23(31-19)10-24(35)32-20-12-34(16-7-9-36-14-16)13-22(20)37-21-5-4-15-6-8-30-11-17(15)21/h1-3,6,8,11,16,20-22H,4-5,7,9-10,12-14H2,(H,31,33)(H,32,35)/t16?,20?,21?,22-/m0/s1. The van der Waals surface area contributed by atoms with Crippen LogP contribution in [0.2, 0.25) is 0 Å². The first-order chi connectivity index (χ1) is 17.8. The van der Waals surface area contributed by atoms with Crippen molar-refractivity contribution in [2.75, 3.05) is 26.3 Å². The monoisotopic (exact) mass is 531 g/mol. The van der Waals surface area contributed by atoms with E-state index in [1.807, 2.05) is 24.2 Å². The van der Waals surface area contributed by atoms with Crippen LogP contribution >= 0.6 is 11.8 Å². The number of nitrogens with zero attached hydrogens (tertiary/aromatic N) is 3. The van der Waals surface area contributed by atoms with Gasteiger partial charge in [0.25, 0.3) is 0 Å². The van der Waals surface area contributed by atoms with Gasteiger partial charge in [0, 0.05) is 48.6 Å². The van der Waals surface area contributed by atoms with Crippen LogP contribution in [-0.4, -0.2) is 69.4 Å². The van der Waals surface area contributed by atoms with Crippen LogP contribution in [0.1, 0.15) is 40.6 Å². The number of aromatic amines is 1. The Hall–Kier alpha value is -2.63. The Balaban J connectivity index is 1.17. The smallest absolute Gasteiger partial charge is 0.380 e. The van der Waals surface area contributed by atoms with E-state index in [2.05, 4.69) is 31.2 Å². The minimum atomic E-state index is -4.51. The number of amides is 1. The van der Waals surface area contributed by atoms with Crippen LogP contribution in [0.15, 0.2) is 36.7 Å². The van der Waals surface area contributed by atoms with Crippen molar-refractivity contribution in [2.45, 2.75) is 54.4 Å². The number of benzene rings is 1. The lowest BCUT2D eigenvalue weighted by atomic mass is 10.2. The highest BCUT2D eigenvalue weighted by molar-refractivity contribution is 8.00. The Morgan fingerprint density at radius 3 is 2.95 bits per heavy atom. The molecule has 37 heavy (non-hydrogen) atoms. The summed E-state index contributed by atoms with van der Waals surface area (Å²) in [5.41, 5.74) is 1.93. The molecular formula is C26H28F3N5O2S. The zero-order chi connectivity index (χ0) is 25.6. The van der Waals surface area contributed by atoms with Gasteiger partial charge in [-0.1, -0.05) is 6.07 Å². The lowest BCUT2D eigenvalue weighted by Crippen LogP contribution is -2.43. The minimum Gasteiger partial charge on any atom is -0.380 e. The van der Waals surface area contributed by atoms with E-state index in [4.69, 9.17) is 4.74 Å². The molecule has 3 aliphatic rings. The molecule has 0 radical (unpaired) electrons. The number of nitrogens with one attached hydrogen (secondary N) is 2. The van der Waals surface area contributed by atoms with Crippen LogP contribution in [0.3, 0.4) is 0 Å². The fourth-order valence-electron chi connectivity index (χ4n) is 5.74. The highest BCUT2D eigenvalue weighted by Gasteiger charge is 2.41. The first-order valence-corrected chi connectivity index (χ1v) is 13.5. The number of halogens is 3. The van der Waals surface area contributed by atoms with E-state index in [9.17, 15) is 18.0 Å². The van der Waals surface area contributed by atoms with Gasteiger partial charge >= 0.3 is 6.18 Å². The highest BCUT2D eigenvalue weighted by Crippen LogP contribution is 2.45. The molecule has 2 N–H and O–H groups in total. The summed E-state index contributed by atoms with van der Waals surface area (Å²) in [5, 5.41) is 3.70. The Morgan fingerprint density at radius 2 is 2.14 bits per heavy atom. The molecule has 1 aromatic carbocycles. The molecule has 0 bridgehead atoms. The molecule has 2 fully saturated rings. The van der Waals surface area contributed by atoms with Crippen LogP contribution in [0, 0.1) is 0 Å². The van der Waals surface area contributed by atoms with Crippen molar-refractivity contribution in [3.8, 4) is 0 Å².